The van der Waals surface area contributed by atoms with Crippen molar-refractivity contribution in [3.05, 3.63) is 52.2 Å². The van der Waals surface area contributed by atoms with Crippen molar-refractivity contribution in [1.82, 2.24) is 5.32 Å². The van der Waals surface area contributed by atoms with Gasteiger partial charge in [-0.25, -0.2) is 0 Å². The highest BCUT2D eigenvalue weighted by atomic mass is 32.2. The van der Waals surface area contributed by atoms with E-state index in [-0.39, 0.29) is 24.1 Å². The Labute approximate surface area is 148 Å². The van der Waals surface area contributed by atoms with Gasteiger partial charge in [0.05, 0.1) is 17.2 Å². The average Bonchev–Trinajstić information content (AvgIpc) is 3.06. The molecular formula is C17H17NO4S2. The Morgan fingerprint density at radius 3 is 2.58 bits per heavy atom. The first kappa shape index (κ1) is 18.2. The van der Waals surface area contributed by atoms with E-state index >= 15 is 0 Å². The molecule has 0 atom stereocenters. The van der Waals surface area contributed by atoms with Crippen molar-refractivity contribution in [2.75, 3.05) is 12.4 Å². The molecule has 2 rings (SSSR count). The number of carbonyl (C=O) groups excluding carboxylic acids is 3. The van der Waals surface area contributed by atoms with Gasteiger partial charge < -0.3 is 10.1 Å². The summed E-state index contributed by atoms with van der Waals surface area (Å²) in [6.07, 6.45) is 0. The Hall–Kier alpha value is -2.12. The van der Waals surface area contributed by atoms with Crippen LogP contribution >= 0.6 is 23.1 Å². The topological polar surface area (TPSA) is 72.5 Å². The highest BCUT2D eigenvalue weighted by Crippen LogP contribution is 2.18. The van der Waals surface area contributed by atoms with Crippen molar-refractivity contribution in [1.29, 1.82) is 0 Å². The Balaban J connectivity index is 1.74. The molecule has 0 aliphatic heterocycles. The Bertz CT molecular complexity index is 712. The summed E-state index contributed by atoms with van der Waals surface area (Å²) >= 11 is 2.65. The molecule has 0 radical (unpaired) electrons. The molecule has 0 aliphatic rings. The van der Waals surface area contributed by atoms with E-state index < -0.39 is 5.97 Å². The van der Waals surface area contributed by atoms with Crippen molar-refractivity contribution < 1.29 is 19.1 Å². The number of rotatable bonds is 8. The van der Waals surface area contributed by atoms with Crippen LogP contribution in [0.15, 0.2) is 47.4 Å². The zero-order valence-corrected chi connectivity index (χ0v) is 14.7. The third kappa shape index (κ3) is 6.17. The molecule has 1 amide bonds. The van der Waals surface area contributed by atoms with E-state index in [4.69, 9.17) is 4.74 Å². The van der Waals surface area contributed by atoms with Crippen LogP contribution in [-0.4, -0.2) is 30.0 Å². The lowest BCUT2D eigenvalue weighted by Gasteiger charge is -2.03. The van der Waals surface area contributed by atoms with Crippen LogP contribution < -0.4 is 5.32 Å². The first-order valence-electron chi connectivity index (χ1n) is 7.24. The molecule has 0 bridgehead atoms. The zero-order chi connectivity index (χ0) is 17.4. The van der Waals surface area contributed by atoms with Crippen LogP contribution in [0.5, 0.6) is 0 Å². The quantitative estimate of drug-likeness (QED) is 0.443. The lowest BCUT2D eigenvalue weighted by Crippen LogP contribution is -2.18. The first-order valence-corrected chi connectivity index (χ1v) is 9.04. The first-order chi connectivity index (χ1) is 11.5. The highest BCUT2D eigenvalue weighted by Gasteiger charge is 2.13. The van der Waals surface area contributed by atoms with Crippen molar-refractivity contribution in [2.24, 2.45) is 0 Å². The molecule has 2 aromatic rings. The number of amides is 1. The molecule has 0 fully saturated rings. The maximum Gasteiger partial charge on any atom is 0.316 e. The van der Waals surface area contributed by atoms with Crippen molar-refractivity contribution in [3.8, 4) is 0 Å². The van der Waals surface area contributed by atoms with Crippen LogP contribution in [0.4, 0.5) is 0 Å². The maximum atomic E-state index is 12.0. The predicted octanol–water partition coefficient (Wildman–Crippen LogP) is 2.90. The number of nitrogens with one attached hydrogen (secondary N) is 1. The van der Waals surface area contributed by atoms with Crippen molar-refractivity contribution in [3.63, 3.8) is 0 Å². The fourth-order valence-corrected chi connectivity index (χ4v) is 3.34. The molecule has 1 heterocycles. The summed E-state index contributed by atoms with van der Waals surface area (Å²) in [4.78, 5) is 36.9. The molecule has 0 saturated carbocycles. The Morgan fingerprint density at radius 2 is 1.88 bits per heavy atom. The summed E-state index contributed by atoms with van der Waals surface area (Å²) in [5.41, 5.74) is 0. The van der Waals surface area contributed by atoms with Gasteiger partial charge in [0.25, 0.3) is 0 Å². The van der Waals surface area contributed by atoms with Crippen LogP contribution in [0.3, 0.4) is 0 Å². The van der Waals surface area contributed by atoms with Crippen molar-refractivity contribution >= 4 is 40.8 Å². The summed E-state index contributed by atoms with van der Waals surface area (Å²) in [6.45, 7) is 1.56. The largest absolute Gasteiger partial charge is 0.457 e. The lowest BCUT2D eigenvalue weighted by molar-refractivity contribution is -0.139. The van der Waals surface area contributed by atoms with Gasteiger partial charge in [0.1, 0.15) is 0 Å². The van der Waals surface area contributed by atoms with E-state index in [1.807, 2.05) is 30.3 Å². The van der Waals surface area contributed by atoms with Crippen LogP contribution in [0.2, 0.25) is 0 Å². The molecular weight excluding hydrogens is 346 g/mol. The maximum absolute atomic E-state index is 12.0. The standard InChI is InChI=1S/C17H17NO4S2/c1-12(19)18-9-14-7-8-16(24-14)15(20)10-22-17(21)11-23-13-5-3-2-4-6-13/h2-8H,9-11H2,1H3,(H,18,19). The van der Waals surface area contributed by atoms with Gasteiger partial charge >= 0.3 is 5.97 Å². The monoisotopic (exact) mass is 363 g/mol. The number of esters is 1. The molecule has 1 N–H and O–H groups in total. The normalized spacial score (nSPS) is 10.2. The average molecular weight is 363 g/mol. The van der Waals surface area contributed by atoms with Gasteiger partial charge in [-0.3, -0.25) is 14.4 Å². The van der Waals surface area contributed by atoms with Gasteiger partial charge in [-0.1, -0.05) is 18.2 Å². The van der Waals surface area contributed by atoms with Crippen LogP contribution in [-0.2, 0) is 20.9 Å². The minimum Gasteiger partial charge on any atom is -0.457 e. The molecule has 0 unspecified atom stereocenters. The zero-order valence-electron chi connectivity index (χ0n) is 13.1. The van der Waals surface area contributed by atoms with Gasteiger partial charge in [-0.15, -0.1) is 23.1 Å². The third-order valence-electron chi connectivity index (χ3n) is 2.91. The second-order valence-electron chi connectivity index (χ2n) is 4.86. The van der Waals surface area contributed by atoms with Gasteiger partial charge in [0, 0.05) is 16.7 Å². The van der Waals surface area contributed by atoms with E-state index in [9.17, 15) is 14.4 Å². The van der Waals surface area contributed by atoms with Gasteiger partial charge in [-0.2, -0.15) is 0 Å². The minimum atomic E-state index is -0.424. The fourth-order valence-electron chi connectivity index (χ4n) is 1.75. The summed E-state index contributed by atoms with van der Waals surface area (Å²) < 4.78 is 5.02. The molecule has 1 aromatic heterocycles. The number of carbonyl (C=O) groups is 3. The van der Waals surface area contributed by atoms with Crippen LogP contribution in [0.1, 0.15) is 21.5 Å². The van der Waals surface area contributed by atoms with E-state index in [1.165, 1.54) is 30.0 Å². The van der Waals surface area contributed by atoms with E-state index in [1.54, 1.807) is 12.1 Å². The predicted molar refractivity (Wildman–Crippen MR) is 94.3 cm³/mol. The highest BCUT2D eigenvalue weighted by molar-refractivity contribution is 8.00. The van der Waals surface area contributed by atoms with E-state index in [0.717, 1.165) is 9.77 Å². The minimum absolute atomic E-state index is 0.124. The van der Waals surface area contributed by atoms with Gasteiger partial charge in [-0.05, 0) is 24.3 Å². The summed E-state index contributed by atoms with van der Waals surface area (Å²) in [5.74, 6) is -0.629. The van der Waals surface area contributed by atoms with E-state index in [0.29, 0.717) is 11.4 Å². The van der Waals surface area contributed by atoms with Crippen LogP contribution in [0.25, 0.3) is 0 Å². The molecule has 0 aliphatic carbocycles. The molecule has 1 aromatic carbocycles. The summed E-state index contributed by atoms with van der Waals surface area (Å²) in [6, 6.07) is 13.0. The van der Waals surface area contributed by atoms with Crippen LogP contribution in [0, 0.1) is 0 Å². The molecule has 0 spiro atoms. The second-order valence-corrected chi connectivity index (χ2v) is 7.08. The van der Waals surface area contributed by atoms with Gasteiger partial charge in [0.2, 0.25) is 11.7 Å². The number of hydrogen-bond acceptors (Lipinski definition) is 6. The summed E-state index contributed by atoms with van der Waals surface area (Å²) in [7, 11) is 0. The number of benzene rings is 1. The number of Topliss-reactive ketones (excluding diaryl/α,β-unsaturated/α-hetero) is 1. The molecule has 126 valence electrons. The lowest BCUT2D eigenvalue weighted by atomic mass is 10.3. The number of thiophene rings is 1. The Kier molecular flexibility index (Phi) is 7.02. The molecule has 0 saturated heterocycles. The number of ketones is 1. The van der Waals surface area contributed by atoms with Crippen molar-refractivity contribution in [2.45, 2.75) is 18.4 Å². The molecule has 5 nitrogen and oxygen atoms in total. The number of hydrogen-bond donors (Lipinski definition) is 1. The smallest absolute Gasteiger partial charge is 0.316 e. The third-order valence-corrected chi connectivity index (χ3v) is 5.02. The molecule has 24 heavy (non-hydrogen) atoms. The van der Waals surface area contributed by atoms with Gasteiger partial charge in [0.15, 0.2) is 6.61 Å². The second kappa shape index (κ2) is 9.24. The number of ether oxygens (including phenoxy) is 1. The van der Waals surface area contributed by atoms with E-state index in [2.05, 4.69) is 5.32 Å². The SMILES string of the molecule is CC(=O)NCc1ccc(C(=O)COC(=O)CSc2ccccc2)s1. The summed E-state index contributed by atoms with van der Waals surface area (Å²) in [5, 5.41) is 2.67. The fraction of sp³-hybridized carbons (Fsp3) is 0.235. The Morgan fingerprint density at radius 1 is 1.12 bits per heavy atom. The number of thioether (sulfide) groups is 1. The molecule has 7 heteroatoms.